The lowest BCUT2D eigenvalue weighted by Crippen LogP contribution is -2.28. The van der Waals surface area contributed by atoms with E-state index in [1.165, 1.54) is 12.8 Å². The van der Waals surface area contributed by atoms with Gasteiger partial charge in [0.2, 0.25) is 0 Å². The van der Waals surface area contributed by atoms with Gasteiger partial charge in [0.1, 0.15) is 0 Å². The second-order valence-electron chi connectivity index (χ2n) is 3.87. The second kappa shape index (κ2) is 5.76. The molecule has 1 heterocycles. The zero-order valence-electron chi connectivity index (χ0n) is 9.40. The molecule has 0 bridgehead atoms. The van der Waals surface area contributed by atoms with E-state index in [-0.39, 0.29) is 0 Å². The third-order valence-electron chi connectivity index (χ3n) is 2.60. The van der Waals surface area contributed by atoms with Crippen LogP contribution in [0.3, 0.4) is 0 Å². The molecule has 0 aliphatic heterocycles. The van der Waals surface area contributed by atoms with E-state index in [0.717, 1.165) is 12.2 Å². The summed E-state index contributed by atoms with van der Waals surface area (Å²) in [5, 5.41) is 0. The summed E-state index contributed by atoms with van der Waals surface area (Å²) >= 11 is 0. The SMILES string of the molecule is CCC[C@H](C)N(C)Cc1ccccn1. The molecule has 0 aliphatic rings. The predicted molar refractivity (Wildman–Crippen MR) is 60.1 cm³/mol. The van der Waals surface area contributed by atoms with Crippen molar-refractivity contribution < 1.29 is 0 Å². The molecule has 1 aromatic rings. The molecule has 0 aromatic carbocycles. The third kappa shape index (κ3) is 3.46. The quantitative estimate of drug-likeness (QED) is 0.713. The highest BCUT2D eigenvalue weighted by molar-refractivity contribution is 5.03. The van der Waals surface area contributed by atoms with Crippen LogP contribution in [0.4, 0.5) is 0 Å². The highest BCUT2D eigenvalue weighted by atomic mass is 15.1. The van der Waals surface area contributed by atoms with Crippen LogP contribution >= 0.6 is 0 Å². The molecule has 14 heavy (non-hydrogen) atoms. The zero-order chi connectivity index (χ0) is 10.4. The van der Waals surface area contributed by atoms with E-state index in [1.54, 1.807) is 0 Å². The maximum absolute atomic E-state index is 4.32. The normalized spacial score (nSPS) is 13.1. The average molecular weight is 192 g/mol. The van der Waals surface area contributed by atoms with Crippen molar-refractivity contribution in [3.05, 3.63) is 30.1 Å². The van der Waals surface area contributed by atoms with E-state index >= 15 is 0 Å². The van der Waals surface area contributed by atoms with Gasteiger partial charge in [0.25, 0.3) is 0 Å². The molecule has 1 aromatic heterocycles. The van der Waals surface area contributed by atoms with E-state index in [9.17, 15) is 0 Å². The van der Waals surface area contributed by atoms with Gasteiger partial charge in [-0.2, -0.15) is 0 Å². The van der Waals surface area contributed by atoms with E-state index in [4.69, 9.17) is 0 Å². The van der Waals surface area contributed by atoms with Gasteiger partial charge < -0.3 is 0 Å². The summed E-state index contributed by atoms with van der Waals surface area (Å²) in [5.41, 5.74) is 1.15. The average Bonchev–Trinajstić information content (AvgIpc) is 2.19. The van der Waals surface area contributed by atoms with Gasteiger partial charge in [-0.05, 0) is 32.5 Å². The van der Waals surface area contributed by atoms with Crippen molar-refractivity contribution in [3.63, 3.8) is 0 Å². The smallest absolute Gasteiger partial charge is 0.0543 e. The Morgan fingerprint density at radius 1 is 1.43 bits per heavy atom. The molecule has 2 nitrogen and oxygen atoms in total. The fourth-order valence-corrected chi connectivity index (χ4v) is 1.54. The van der Waals surface area contributed by atoms with Crippen LogP contribution in [0.5, 0.6) is 0 Å². The lowest BCUT2D eigenvalue weighted by Gasteiger charge is -2.23. The molecule has 0 saturated heterocycles. The third-order valence-corrected chi connectivity index (χ3v) is 2.60. The molecule has 0 amide bonds. The number of hydrogen-bond acceptors (Lipinski definition) is 2. The minimum atomic E-state index is 0.641. The van der Waals surface area contributed by atoms with Gasteiger partial charge in [0.05, 0.1) is 5.69 Å². The lowest BCUT2D eigenvalue weighted by atomic mass is 10.1. The van der Waals surface area contributed by atoms with Crippen molar-refractivity contribution in [2.24, 2.45) is 0 Å². The summed E-state index contributed by atoms with van der Waals surface area (Å²) < 4.78 is 0. The summed E-state index contributed by atoms with van der Waals surface area (Å²) in [5.74, 6) is 0. The van der Waals surface area contributed by atoms with Gasteiger partial charge in [-0.25, -0.2) is 0 Å². The fourth-order valence-electron chi connectivity index (χ4n) is 1.54. The largest absolute Gasteiger partial charge is 0.298 e. The molecule has 0 radical (unpaired) electrons. The second-order valence-corrected chi connectivity index (χ2v) is 3.87. The minimum absolute atomic E-state index is 0.641. The van der Waals surface area contributed by atoms with Gasteiger partial charge in [-0.3, -0.25) is 9.88 Å². The number of pyridine rings is 1. The topological polar surface area (TPSA) is 16.1 Å². The number of rotatable bonds is 5. The van der Waals surface area contributed by atoms with E-state index in [1.807, 2.05) is 18.3 Å². The highest BCUT2D eigenvalue weighted by Crippen LogP contribution is 2.07. The molecule has 78 valence electrons. The van der Waals surface area contributed by atoms with Gasteiger partial charge in [-0.1, -0.05) is 19.4 Å². The van der Waals surface area contributed by atoms with Gasteiger partial charge >= 0.3 is 0 Å². The zero-order valence-corrected chi connectivity index (χ0v) is 9.40. The first-order valence-electron chi connectivity index (χ1n) is 5.34. The molecule has 0 unspecified atom stereocenters. The Morgan fingerprint density at radius 2 is 2.21 bits per heavy atom. The molecule has 2 heteroatoms. The minimum Gasteiger partial charge on any atom is -0.298 e. The first-order valence-corrected chi connectivity index (χ1v) is 5.34. The predicted octanol–water partition coefficient (Wildman–Crippen LogP) is 2.70. The Kier molecular flexibility index (Phi) is 4.60. The molecule has 0 spiro atoms. The highest BCUT2D eigenvalue weighted by Gasteiger charge is 2.08. The van der Waals surface area contributed by atoms with Crippen LogP contribution < -0.4 is 0 Å². The number of nitrogens with zero attached hydrogens (tertiary/aromatic N) is 2. The summed E-state index contributed by atoms with van der Waals surface area (Å²) in [6.45, 7) is 5.44. The van der Waals surface area contributed by atoms with Crippen molar-refractivity contribution in [3.8, 4) is 0 Å². The van der Waals surface area contributed by atoms with Crippen LogP contribution in [0, 0.1) is 0 Å². The number of hydrogen-bond donors (Lipinski definition) is 0. The molecular weight excluding hydrogens is 172 g/mol. The maximum atomic E-state index is 4.32. The van der Waals surface area contributed by atoms with Crippen molar-refractivity contribution in [1.29, 1.82) is 0 Å². The van der Waals surface area contributed by atoms with Crippen LogP contribution in [0.2, 0.25) is 0 Å². The van der Waals surface area contributed by atoms with Crippen molar-refractivity contribution >= 4 is 0 Å². The monoisotopic (exact) mass is 192 g/mol. The Labute approximate surface area is 87.0 Å². The van der Waals surface area contributed by atoms with Crippen LogP contribution in [-0.2, 0) is 6.54 Å². The Bertz CT molecular complexity index is 246. The summed E-state index contributed by atoms with van der Waals surface area (Å²) in [7, 11) is 2.16. The Morgan fingerprint density at radius 3 is 2.79 bits per heavy atom. The molecule has 0 N–H and O–H groups in total. The van der Waals surface area contributed by atoms with Crippen molar-refractivity contribution in [2.45, 2.75) is 39.3 Å². The summed E-state index contributed by atoms with van der Waals surface area (Å²) in [6, 6.07) is 6.72. The standard InChI is InChI=1S/C12H20N2/c1-4-7-11(2)14(3)10-12-8-5-6-9-13-12/h5-6,8-9,11H,4,7,10H2,1-3H3/t11-/m0/s1. The van der Waals surface area contributed by atoms with E-state index in [2.05, 4.69) is 36.8 Å². The van der Waals surface area contributed by atoms with Gasteiger partial charge in [0.15, 0.2) is 0 Å². The van der Waals surface area contributed by atoms with Crippen LogP contribution in [0.15, 0.2) is 24.4 Å². The summed E-state index contributed by atoms with van der Waals surface area (Å²) in [6.07, 6.45) is 4.35. The number of aromatic nitrogens is 1. The van der Waals surface area contributed by atoms with Gasteiger partial charge in [-0.15, -0.1) is 0 Å². The van der Waals surface area contributed by atoms with Crippen LogP contribution in [-0.4, -0.2) is 23.0 Å². The maximum Gasteiger partial charge on any atom is 0.0543 e. The molecule has 0 aliphatic carbocycles. The Hall–Kier alpha value is -0.890. The first kappa shape index (κ1) is 11.2. The van der Waals surface area contributed by atoms with Crippen molar-refractivity contribution in [1.82, 2.24) is 9.88 Å². The fraction of sp³-hybridized carbons (Fsp3) is 0.583. The molecule has 1 atom stereocenters. The Balaban J connectivity index is 2.44. The lowest BCUT2D eigenvalue weighted by molar-refractivity contribution is 0.234. The van der Waals surface area contributed by atoms with E-state index in [0.29, 0.717) is 6.04 Å². The summed E-state index contributed by atoms with van der Waals surface area (Å²) in [4.78, 5) is 6.67. The van der Waals surface area contributed by atoms with Crippen LogP contribution in [0.25, 0.3) is 0 Å². The first-order chi connectivity index (χ1) is 6.74. The van der Waals surface area contributed by atoms with Crippen molar-refractivity contribution in [2.75, 3.05) is 7.05 Å². The molecule has 1 rings (SSSR count). The van der Waals surface area contributed by atoms with E-state index < -0.39 is 0 Å². The molecule has 0 fully saturated rings. The van der Waals surface area contributed by atoms with Crippen LogP contribution in [0.1, 0.15) is 32.4 Å². The van der Waals surface area contributed by atoms with Gasteiger partial charge in [0, 0.05) is 18.8 Å². The molecule has 0 saturated carbocycles. The molecular formula is C12H20N2.